The number of aliphatic hydroxyl groups is 1. The van der Waals surface area contributed by atoms with Crippen LogP contribution in [0.25, 0.3) is 0 Å². The van der Waals surface area contributed by atoms with Gasteiger partial charge in [0.25, 0.3) is 0 Å². The summed E-state index contributed by atoms with van der Waals surface area (Å²) in [5.41, 5.74) is 1.67. The van der Waals surface area contributed by atoms with E-state index in [4.69, 9.17) is 4.74 Å². The van der Waals surface area contributed by atoms with Crippen molar-refractivity contribution in [3.05, 3.63) is 65.5 Å². The van der Waals surface area contributed by atoms with Gasteiger partial charge in [-0.25, -0.2) is 4.39 Å². The zero-order valence-electron chi connectivity index (χ0n) is 15.1. The fourth-order valence-electron chi connectivity index (χ4n) is 3.61. The van der Waals surface area contributed by atoms with Crippen molar-refractivity contribution in [2.75, 3.05) is 26.7 Å². The minimum absolute atomic E-state index is 0. The zero-order valence-corrected chi connectivity index (χ0v) is 15.9. The number of rotatable bonds is 6. The maximum absolute atomic E-state index is 14.1. The van der Waals surface area contributed by atoms with E-state index in [1.54, 1.807) is 12.1 Å². The van der Waals surface area contributed by atoms with E-state index >= 15 is 0 Å². The van der Waals surface area contributed by atoms with Crippen LogP contribution in [-0.4, -0.2) is 36.8 Å². The Labute approximate surface area is 161 Å². The van der Waals surface area contributed by atoms with Crippen molar-refractivity contribution in [3.8, 4) is 5.75 Å². The fraction of sp³-hybridized carbons (Fsp3) is 0.429. The Bertz CT molecular complexity index is 677. The molecule has 1 fully saturated rings. The number of ether oxygens (including phenoxy) is 1. The van der Waals surface area contributed by atoms with Gasteiger partial charge in [-0.1, -0.05) is 42.8 Å². The molecule has 1 N–H and O–H groups in total. The maximum Gasteiger partial charge on any atom is 0.165 e. The van der Waals surface area contributed by atoms with Crippen molar-refractivity contribution in [2.24, 2.45) is 0 Å². The highest BCUT2D eigenvalue weighted by molar-refractivity contribution is 5.85. The zero-order chi connectivity index (χ0) is 17.6. The first-order valence-corrected chi connectivity index (χ1v) is 8.98. The molecule has 3 nitrogen and oxygen atoms in total. The van der Waals surface area contributed by atoms with Crippen LogP contribution in [0.5, 0.6) is 5.75 Å². The second-order valence-electron chi connectivity index (χ2n) is 6.72. The Morgan fingerprint density at radius 2 is 1.73 bits per heavy atom. The number of hydrogen-bond donors (Lipinski definition) is 1. The summed E-state index contributed by atoms with van der Waals surface area (Å²) in [5, 5.41) is 11.0. The van der Waals surface area contributed by atoms with Crippen LogP contribution in [0, 0.1) is 5.82 Å². The molecule has 2 unspecified atom stereocenters. The highest BCUT2D eigenvalue weighted by Crippen LogP contribution is 2.34. The largest absolute Gasteiger partial charge is 0.494 e. The molecule has 0 bridgehead atoms. The van der Waals surface area contributed by atoms with Crippen LogP contribution in [0.3, 0.4) is 0 Å². The molecule has 5 heteroatoms. The van der Waals surface area contributed by atoms with Crippen LogP contribution in [0.1, 0.15) is 42.4 Å². The minimum atomic E-state index is -0.760. The van der Waals surface area contributed by atoms with E-state index < -0.39 is 11.9 Å². The third-order valence-electron chi connectivity index (χ3n) is 5.03. The van der Waals surface area contributed by atoms with Gasteiger partial charge in [-0.2, -0.15) is 0 Å². The second kappa shape index (κ2) is 9.91. The summed E-state index contributed by atoms with van der Waals surface area (Å²) in [7, 11) is 1.44. The number of benzene rings is 2. The standard InChI is InChI=1S/C21H26FNO2.ClH/c1-25-20-11-10-17(14-19(20)22)21(24)18(16-8-4-2-5-9-16)15-23-12-6-3-7-13-23;/h2,4-5,8-11,14,18,21,24H,3,6-7,12-13,15H2,1H3;1H. The maximum atomic E-state index is 14.1. The SMILES string of the molecule is COc1ccc(C(O)C(CN2CCCCC2)c2ccccc2)cc1F.Cl. The fourth-order valence-corrected chi connectivity index (χ4v) is 3.61. The molecule has 2 aromatic rings. The number of nitrogens with zero attached hydrogens (tertiary/aromatic N) is 1. The molecule has 0 amide bonds. The van der Waals surface area contributed by atoms with Crippen molar-refractivity contribution in [3.63, 3.8) is 0 Å². The lowest BCUT2D eigenvalue weighted by Gasteiger charge is -2.33. The number of likely N-dealkylation sites (tertiary alicyclic amines) is 1. The molecular weight excluding hydrogens is 353 g/mol. The van der Waals surface area contributed by atoms with Gasteiger partial charge >= 0.3 is 0 Å². The average Bonchev–Trinajstić information content (AvgIpc) is 2.67. The summed E-state index contributed by atoms with van der Waals surface area (Å²) in [6.45, 7) is 2.90. The molecule has 0 aromatic heterocycles. The number of hydrogen-bond acceptors (Lipinski definition) is 3. The number of piperidine rings is 1. The Kier molecular flexibility index (Phi) is 7.88. The Balaban J connectivity index is 0.00000243. The van der Waals surface area contributed by atoms with E-state index in [1.165, 1.54) is 32.4 Å². The van der Waals surface area contributed by atoms with E-state index in [-0.39, 0.29) is 24.1 Å². The molecule has 1 aliphatic heterocycles. The molecule has 0 spiro atoms. The average molecular weight is 380 g/mol. The lowest BCUT2D eigenvalue weighted by atomic mass is 9.88. The van der Waals surface area contributed by atoms with Crippen LogP contribution in [0.4, 0.5) is 4.39 Å². The molecule has 26 heavy (non-hydrogen) atoms. The number of halogens is 2. The lowest BCUT2D eigenvalue weighted by molar-refractivity contribution is 0.109. The quantitative estimate of drug-likeness (QED) is 0.798. The molecule has 0 saturated carbocycles. The first-order chi connectivity index (χ1) is 12.2. The molecule has 2 aromatic carbocycles. The second-order valence-corrected chi connectivity index (χ2v) is 6.72. The Hall–Kier alpha value is -1.62. The van der Waals surface area contributed by atoms with Crippen LogP contribution >= 0.6 is 12.4 Å². The number of methoxy groups -OCH3 is 1. The van der Waals surface area contributed by atoms with Gasteiger partial charge in [0.1, 0.15) is 0 Å². The van der Waals surface area contributed by atoms with Gasteiger partial charge in [0.15, 0.2) is 11.6 Å². The Morgan fingerprint density at radius 3 is 2.35 bits per heavy atom. The minimum Gasteiger partial charge on any atom is -0.494 e. The van der Waals surface area contributed by atoms with Gasteiger partial charge in [0.05, 0.1) is 13.2 Å². The topological polar surface area (TPSA) is 32.7 Å². The van der Waals surface area contributed by atoms with E-state index in [1.807, 2.05) is 30.3 Å². The lowest BCUT2D eigenvalue weighted by Crippen LogP contribution is -2.35. The van der Waals surface area contributed by atoms with Crippen LogP contribution in [-0.2, 0) is 0 Å². The first-order valence-electron chi connectivity index (χ1n) is 8.98. The highest BCUT2D eigenvalue weighted by Gasteiger charge is 2.26. The van der Waals surface area contributed by atoms with Crippen molar-refractivity contribution in [1.29, 1.82) is 0 Å². The van der Waals surface area contributed by atoms with Crippen molar-refractivity contribution < 1.29 is 14.2 Å². The van der Waals surface area contributed by atoms with E-state index in [0.717, 1.165) is 25.2 Å². The van der Waals surface area contributed by atoms with Crippen LogP contribution in [0.2, 0.25) is 0 Å². The third kappa shape index (κ3) is 4.97. The van der Waals surface area contributed by atoms with Gasteiger partial charge in [-0.3, -0.25) is 0 Å². The van der Waals surface area contributed by atoms with E-state index in [0.29, 0.717) is 5.56 Å². The van der Waals surface area contributed by atoms with E-state index in [2.05, 4.69) is 4.90 Å². The summed E-state index contributed by atoms with van der Waals surface area (Å²) in [6.07, 6.45) is 2.92. The summed E-state index contributed by atoms with van der Waals surface area (Å²) in [6, 6.07) is 14.7. The van der Waals surface area contributed by atoms with E-state index in [9.17, 15) is 9.50 Å². The molecule has 1 heterocycles. The van der Waals surface area contributed by atoms with Gasteiger partial charge in [-0.15, -0.1) is 12.4 Å². The molecule has 0 radical (unpaired) electrons. The predicted molar refractivity (Wildman–Crippen MR) is 105 cm³/mol. The van der Waals surface area contributed by atoms with Crippen molar-refractivity contribution in [2.45, 2.75) is 31.3 Å². The number of aliphatic hydroxyl groups excluding tert-OH is 1. The van der Waals surface area contributed by atoms with Gasteiger partial charge < -0.3 is 14.7 Å². The summed E-state index contributed by atoms with van der Waals surface area (Å²) >= 11 is 0. The molecule has 3 rings (SSSR count). The van der Waals surface area contributed by atoms with Crippen molar-refractivity contribution >= 4 is 12.4 Å². The van der Waals surface area contributed by atoms with Gasteiger partial charge in [0, 0.05) is 12.5 Å². The molecule has 2 atom stereocenters. The van der Waals surface area contributed by atoms with Crippen LogP contribution in [0.15, 0.2) is 48.5 Å². The van der Waals surface area contributed by atoms with Crippen LogP contribution < -0.4 is 4.74 Å². The smallest absolute Gasteiger partial charge is 0.165 e. The first kappa shape index (κ1) is 20.7. The van der Waals surface area contributed by atoms with Crippen molar-refractivity contribution in [1.82, 2.24) is 4.90 Å². The normalized spacial score (nSPS) is 17.2. The molecule has 142 valence electrons. The highest BCUT2D eigenvalue weighted by atomic mass is 35.5. The molecule has 0 aliphatic carbocycles. The summed E-state index contributed by atoms with van der Waals surface area (Å²) in [5.74, 6) is -0.334. The molecule has 1 saturated heterocycles. The third-order valence-corrected chi connectivity index (χ3v) is 5.03. The van der Waals surface area contributed by atoms with Gasteiger partial charge in [-0.05, 0) is 49.2 Å². The monoisotopic (exact) mass is 379 g/mol. The molecule has 1 aliphatic rings. The summed E-state index contributed by atoms with van der Waals surface area (Å²) < 4.78 is 19.1. The Morgan fingerprint density at radius 1 is 1.04 bits per heavy atom. The molecular formula is C21H27ClFNO2. The van der Waals surface area contributed by atoms with Gasteiger partial charge in [0.2, 0.25) is 0 Å². The predicted octanol–water partition coefficient (Wildman–Crippen LogP) is 4.56. The summed E-state index contributed by atoms with van der Waals surface area (Å²) in [4.78, 5) is 2.41.